The van der Waals surface area contributed by atoms with Gasteiger partial charge in [-0.25, -0.2) is 4.79 Å². The van der Waals surface area contributed by atoms with Crippen molar-refractivity contribution in [3.8, 4) is 5.75 Å². The van der Waals surface area contributed by atoms with Crippen LogP contribution in [-0.4, -0.2) is 42.3 Å². The number of halogens is 2. The Hall–Kier alpha value is -1.89. The average molecular weight is 342 g/mol. The Bertz CT molecular complexity index is 556. The molecule has 2 N–H and O–H groups in total. The van der Waals surface area contributed by atoms with E-state index in [-0.39, 0.29) is 29.8 Å². The number of urea groups is 1. The molecule has 1 saturated carbocycles. The van der Waals surface area contributed by atoms with Crippen molar-refractivity contribution in [1.82, 2.24) is 10.2 Å². The van der Waals surface area contributed by atoms with Crippen molar-refractivity contribution in [1.29, 1.82) is 0 Å². The molecular formula is C17H24F2N2O3. The summed E-state index contributed by atoms with van der Waals surface area (Å²) in [5, 5.41) is 12.7. The summed E-state index contributed by atoms with van der Waals surface area (Å²) in [5.41, 5.74) is 0.677. The van der Waals surface area contributed by atoms with Crippen molar-refractivity contribution in [2.24, 2.45) is 5.92 Å². The number of alkyl halides is 2. The van der Waals surface area contributed by atoms with Crippen molar-refractivity contribution in [2.75, 3.05) is 13.6 Å². The summed E-state index contributed by atoms with van der Waals surface area (Å²) in [6.45, 7) is -0.611. The summed E-state index contributed by atoms with van der Waals surface area (Å²) in [7, 11) is 1.68. The first-order valence-electron chi connectivity index (χ1n) is 8.11. The van der Waals surface area contributed by atoms with Crippen molar-refractivity contribution < 1.29 is 23.4 Å². The van der Waals surface area contributed by atoms with E-state index in [1.165, 1.54) is 12.1 Å². The van der Waals surface area contributed by atoms with Crippen molar-refractivity contribution in [3.63, 3.8) is 0 Å². The Labute approximate surface area is 140 Å². The Morgan fingerprint density at radius 3 is 2.83 bits per heavy atom. The molecule has 0 aromatic heterocycles. The molecule has 1 aromatic rings. The molecular weight excluding hydrogens is 318 g/mol. The number of amides is 2. The lowest BCUT2D eigenvalue weighted by molar-refractivity contribution is -0.0499. The van der Waals surface area contributed by atoms with Crippen LogP contribution in [0.15, 0.2) is 24.3 Å². The van der Waals surface area contributed by atoms with Crippen LogP contribution in [0.3, 0.4) is 0 Å². The molecule has 3 unspecified atom stereocenters. The van der Waals surface area contributed by atoms with Gasteiger partial charge in [-0.1, -0.05) is 18.6 Å². The fourth-order valence-electron chi connectivity index (χ4n) is 3.00. The van der Waals surface area contributed by atoms with Crippen LogP contribution in [0.5, 0.6) is 5.75 Å². The van der Waals surface area contributed by atoms with Gasteiger partial charge in [0.1, 0.15) is 5.75 Å². The van der Waals surface area contributed by atoms with E-state index < -0.39 is 6.61 Å². The van der Waals surface area contributed by atoms with Crippen LogP contribution < -0.4 is 10.1 Å². The van der Waals surface area contributed by atoms with Crippen LogP contribution in [0.4, 0.5) is 13.6 Å². The zero-order valence-electron chi connectivity index (χ0n) is 13.9. The van der Waals surface area contributed by atoms with Crippen LogP contribution in [0.1, 0.15) is 37.8 Å². The second-order valence-corrected chi connectivity index (χ2v) is 6.26. The van der Waals surface area contributed by atoms with Gasteiger partial charge in [0, 0.05) is 19.5 Å². The molecule has 3 atom stereocenters. The molecule has 0 spiro atoms. The van der Waals surface area contributed by atoms with E-state index in [1.807, 2.05) is 0 Å². The zero-order valence-corrected chi connectivity index (χ0v) is 13.9. The molecule has 1 aromatic carbocycles. The molecule has 0 radical (unpaired) electrons. The second kappa shape index (κ2) is 8.28. The van der Waals surface area contributed by atoms with Crippen molar-refractivity contribution in [2.45, 2.75) is 44.9 Å². The third-order valence-electron chi connectivity index (χ3n) is 4.40. The molecule has 2 amide bonds. The molecule has 0 saturated heterocycles. The lowest BCUT2D eigenvalue weighted by Crippen LogP contribution is -2.42. The predicted molar refractivity (Wildman–Crippen MR) is 86.0 cm³/mol. The van der Waals surface area contributed by atoms with Crippen LogP contribution in [0.2, 0.25) is 0 Å². The first-order chi connectivity index (χ1) is 11.4. The highest BCUT2D eigenvalue weighted by molar-refractivity contribution is 5.74. The summed E-state index contributed by atoms with van der Waals surface area (Å²) >= 11 is 0. The maximum atomic E-state index is 12.3. The second-order valence-electron chi connectivity index (χ2n) is 6.26. The van der Waals surface area contributed by atoms with Gasteiger partial charge in [-0.2, -0.15) is 8.78 Å². The van der Waals surface area contributed by atoms with Gasteiger partial charge in [0.25, 0.3) is 0 Å². The zero-order chi connectivity index (χ0) is 17.7. The van der Waals surface area contributed by atoms with E-state index >= 15 is 0 Å². The number of carbonyl (C=O) groups excluding carboxylic acids is 1. The van der Waals surface area contributed by atoms with Gasteiger partial charge in [-0.3, -0.25) is 0 Å². The standard InChI is InChI=1S/C17H24F2N2O3/c1-11(12-5-3-7-14(9-12)24-16(18)19)20-17(23)21(2)10-13-6-4-8-15(13)22/h3,5,7,9,11,13,15-16,22H,4,6,8,10H2,1-2H3,(H,20,23). The van der Waals surface area contributed by atoms with E-state index in [1.54, 1.807) is 31.0 Å². The minimum atomic E-state index is -2.88. The maximum absolute atomic E-state index is 12.3. The van der Waals surface area contributed by atoms with Gasteiger partial charge < -0.3 is 20.1 Å². The largest absolute Gasteiger partial charge is 0.435 e. The van der Waals surface area contributed by atoms with Gasteiger partial charge in [-0.15, -0.1) is 0 Å². The first kappa shape index (κ1) is 18.4. The number of rotatable bonds is 6. The molecule has 2 rings (SSSR count). The molecule has 1 aliphatic rings. The molecule has 24 heavy (non-hydrogen) atoms. The normalized spacial score (nSPS) is 21.6. The topological polar surface area (TPSA) is 61.8 Å². The SMILES string of the molecule is CC(NC(=O)N(C)CC1CCCC1O)c1cccc(OC(F)F)c1. The molecule has 0 bridgehead atoms. The number of ether oxygens (including phenoxy) is 1. The highest BCUT2D eigenvalue weighted by atomic mass is 19.3. The van der Waals surface area contributed by atoms with E-state index in [9.17, 15) is 18.7 Å². The number of carbonyl (C=O) groups is 1. The minimum Gasteiger partial charge on any atom is -0.435 e. The molecule has 0 heterocycles. The van der Waals surface area contributed by atoms with Crippen molar-refractivity contribution >= 4 is 6.03 Å². The summed E-state index contributed by atoms with van der Waals surface area (Å²) in [4.78, 5) is 13.8. The van der Waals surface area contributed by atoms with Crippen LogP contribution in [-0.2, 0) is 0 Å². The van der Waals surface area contributed by atoms with E-state index in [0.717, 1.165) is 19.3 Å². The Kier molecular flexibility index (Phi) is 6.36. The van der Waals surface area contributed by atoms with E-state index in [0.29, 0.717) is 12.1 Å². The monoisotopic (exact) mass is 342 g/mol. The third-order valence-corrected chi connectivity index (χ3v) is 4.40. The van der Waals surface area contributed by atoms with E-state index in [2.05, 4.69) is 10.1 Å². The van der Waals surface area contributed by atoms with Crippen LogP contribution in [0, 0.1) is 5.92 Å². The van der Waals surface area contributed by atoms with Gasteiger partial charge in [-0.05, 0) is 37.5 Å². The lowest BCUT2D eigenvalue weighted by atomic mass is 10.1. The number of hydrogen-bond donors (Lipinski definition) is 2. The smallest absolute Gasteiger partial charge is 0.387 e. The number of nitrogens with one attached hydrogen (secondary N) is 1. The van der Waals surface area contributed by atoms with E-state index in [4.69, 9.17) is 0 Å². The highest BCUT2D eigenvalue weighted by Crippen LogP contribution is 2.26. The molecule has 1 fully saturated rings. The molecule has 0 aliphatic heterocycles. The van der Waals surface area contributed by atoms with Crippen molar-refractivity contribution in [3.05, 3.63) is 29.8 Å². The van der Waals surface area contributed by atoms with Crippen LogP contribution >= 0.6 is 0 Å². The van der Waals surface area contributed by atoms with Gasteiger partial charge in [0.05, 0.1) is 12.1 Å². The highest BCUT2D eigenvalue weighted by Gasteiger charge is 2.27. The third kappa shape index (κ3) is 5.06. The summed E-state index contributed by atoms with van der Waals surface area (Å²) in [6, 6.07) is 5.66. The minimum absolute atomic E-state index is 0.0611. The molecule has 7 heteroatoms. The molecule has 1 aliphatic carbocycles. The quantitative estimate of drug-likeness (QED) is 0.835. The number of benzene rings is 1. The molecule has 5 nitrogen and oxygen atoms in total. The Balaban J connectivity index is 1.90. The summed E-state index contributed by atoms with van der Waals surface area (Å²) in [5.74, 6) is 0.171. The molecule has 134 valence electrons. The Morgan fingerprint density at radius 1 is 1.46 bits per heavy atom. The fourth-order valence-corrected chi connectivity index (χ4v) is 3.00. The number of aliphatic hydroxyl groups excluding tert-OH is 1. The average Bonchev–Trinajstić information content (AvgIpc) is 2.92. The van der Waals surface area contributed by atoms with Crippen LogP contribution in [0.25, 0.3) is 0 Å². The van der Waals surface area contributed by atoms with Gasteiger partial charge >= 0.3 is 12.6 Å². The fraction of sp³-hybridized carbons (Fsp3) is 0.588. The lowest BCUT2D eigenvalue weighted by Gasteiger charge is -2.25. The predicted octanol–water partition coefficient (Wildman–Crippen LogP) is 3.15. The number of hydrogen-bond acceptors (Lipinski definition) is 3. The van der Waals surface area contributed by atoms with Gasteiger partial charge in [0.15, 0.2) is 0 Å². The van der Waals surface area contributed by atoms with Gasteiger partial charge in [0.2, 0.25) is 0 Å². The summed E-state index contributed by atoms with van der Waals surface area (Å²) in [6.07, 6.45) is 2.34. The number of nitrogens with zero attached hydrogens (tertiary/aromatic N) is 1. The first-order valence-corrected chi connectivity index (χ1v) is 8.11. The Morgan fingerprint density at radius 2 is 2.21 bits per heavy atom. The number of aliphatic hydroxyl groups is 1. The maximum Gasteiger partial charge on any atom is 0.387 e. The summed E-state index contributed by atoms with van der Waals surface area (Å²) < 4.78 is 28.9.